The number of carbonyl (C=O) groups excluding carboxylic acids is 1. The number of nitrogens with zero attached hydrogens (tertiary/aromatic N) is 5. The van der Waals surface area contributed by atoms with E-state index < -0.39 is 0 Å². The topological polar surface area (TPSA) is 71.9 Å². The van der Waals surface area contributed by atoms with Crippen molar-refractivity contribution in [3.05, 3.63) is 83.1 Å². The first-order valence-electron chi connectivity index (χ1n) is 9.82. The summed E-state index contributed by atoms with van der Waals surface area (Å²) in [6.45, 7) is 5.17. The van der Waals surface area contributed by atoms with Crippen LogP contribution in [-0.2, 0) is 6.42 Å². The Morgan fingerprint density at radius 3 is 2.70 bits per heavy atom. The average Bonchev–Trinajstić information content (AvgIpc) is 2.75. The molecule has 0 saturated carbocycles. The lowest BCUT2D eigenvalue weighted by Gasteiger charge is -2.30. The van der Waals surface area contributed by atoms with Gasteiger partial charge in [0.05, 0.1) is 24.0 Å². The van der Waals surface area contributed by atoms with Crippen molar-refractivity contribution >= 4 is 17.2 Å². The molecule has 0 amide bonds. The predicted octanol–water partition coefficient (Wildman–Crippen LogP) is 3.82. The average molecular weight is 403 g/mol. The summed E-state index contributed by atoms with van der Waals surface area (Å²) in [5.74, 6) is -0.0147. The van der Waals surface area contributed by atoms with E-state index in [2.05, 4.69) is 26.9 Å². The van der Waals surface area contributed by atoms with Gasteiger partial charge in [-0.25, -0.2) is 9.37 Å². The SMILES string of the molecule is CC1=C(c2cnc(CC(=O)c3cnccc3C)cn2)CN(c2ncccc2F)CC1. The first-order valence-corrected chi connectivity index (χ1v) is 9.82. The van der Waals surface area contributed by atoms with Crippen LogP contribution in [0.25, 0.3) is 5.57 Å². The lowest BCUT2D eigenvalue weighted by molar-refractivity contribution is 0.0991. The number of ketones is 1. The van der Waals surface area contributed by atoms with E-state index in [-0.39, 0.29) is 18.0 Å². The highest BCUT2D eigenvalue weighted by atomic mass is 19.1. The van der Waals surface area contributed by atoms with Gasteiger partial charge in [0.1, 0.15) is 0 Å². The summed E-state index contributed by atoms with van der Waals surface area (Å²) in [6, 6.07) is 4.82. The van der Waals surface area contributed by atoms with Crippen molar-refractivity contribution in [2.75, 3.05) is 18.0 Å². The fourth-order valence-corrected chi connectivity index (χ4v) is 3.57. The Labute approximate surface area is 174 Å². The number of aromatic nitrogens is 4. The molecule has 7 heteroatoms. The molecule has 0 fully saturated rings. The van der Waals surface area contributed by atoms with Gasteiger partial charge in [0.25, 0.3) is 0 Å². The first-order chi connectivity index (χ1) is 14.5. The van der Waals surface area contributed by atoms with Crippen LogP contribution >= 0.6 is 0 Å². The number of carbonyl (C=O) groups is 1. The Morgan fingerprint density at radius 1 is 1.10 bits per heavy atom. The standard InChI is InChI=1S/C23H22FN5O/c1-15-5-8-25-12-18(15)22(30)10-17-11-28-21(13-27-17)19-14-29(9-6-16(19)2)23-20(24)4-3-7-26-23/h3-5,7-8,11-13H,6,9-10,14H2,1-2H3. The fraction of sp³-hybridized carbons (Fsp3) is 0.261. The van der Waals surface area contributed by atoms with Crippen LogP contribution in [0.3, 0.4) is 0 Å². The Hall–Kier alpha value is -3.48. The molecule has 0 N–H and O–H groups in total. The molecule has 0 aromatic carbocycles. The van der Waals surface area contributed by atoms with Crippen LogP contribution in [0.1, 0.15) is 40.7 Å². The summed E-state index contributed by atoms with van der Waals surface area (Å²) in [7, 11) is 0. The molecule has 0 aliphatic carbocycles. The quantitative estimate of drug-likeness (QED) is 0.603. The maximum atomic E-state index is 14.2. The van der Waals surface area contributed by atoms with Gasteiger partial charge in [-0.3, -0.25) is 19.7 Å². The molecule has 0 spiro atoms. The van der Waals surface area contributed by atoms with Crippen LogP contribution in [0.4, 0.5) is 10.2 Å². The van der Waals surface area contributed by atoms with E-state index in [9.17, 15) is 9.18 Å². The molecule has 0 bridgehead atoms. The fourth-order valence-electron chi connectivity index (χ4n) is 3.57. The van der Waals surface area contributed by atoms with Crippen LogP contribution in [0.2, 0.25) is 0 Å². The number of hydrogen-bond acceptors (Lipinski definition) is 6. The highest BCUT2D eigenvalue weighted by Gasteiger charge is 2.22. The Kier molecular flexibility index (Phi) is 5.61. The highest BCUT2D eigenvalue weighted by Crippen LogP contribution is 2.28. The van der Waals surface area contributed by atoms with Gasteiger partial charge in [0.15, 0.2) is 17.4 Å². The number of anilines is 1. The molecule has 1 aliphatic heterocycles. The maximum absolute atomic E-state index is 14.2. The third-order valence-corrected chi connectivity index (χ3v) is 5.36. The van der Waals surface area contributed by atoms with Gasteiger partial charge >= 0.3 is 0 Å². The summed E-state index contributed by atoms with van der Waals surface area (Å²) in [5, 5.41) is 0. The van der Waals surface area contributed by atoms with Gasteiger partial charge in [-0.15, -0.1) is 0 Å². The summed E-state index contributed by atoms with van der Waals surface area (Å²) in [5.41, 5.74) is 5.05. The normalized spacial score (nSPS) is 14.2. The van der Waals surface area contributed by atoms with E-state index in [0.29, 0.717) is 30.2 Å². The van der Waals surface area contributed by atoms with Gasteiger partial charge in [0.2, 0.25) is 0 Å². The third-order valence-electron chi connectivity index (χ3n) is 5.36. The number of halogens is 1. The lowest BCUT2D eigenvalue weighted by Crippen LogP contribution is -2.32. The third kappa shape index (κ3) is 4.10. The first kappa shape index (κ1) is 19.8. The zero-order valence-electron chi connectivity index (χ0n) is 17.0. The number of aryl methyl sites for hydroxylation is 1. The van der Waals surface area contributed by atoms with Crippen molar-refractivity contribution in [1.82, 2.24) is 19.9 Å². The van der Waals surface area contributed by atoms with Crippen molar-refractivity contribution in [2.45, 2.75) is 26.7 Å². The zero-order chi connectivity index (χ0) is 21.1. The van der Waals surface area contributed by atoms with Gasteiger partial charge in [-0.1, -0.05) is 5.57 Å². The van der Waals surface area contributed by atoms with Gasteiger partial charge in [0, 0.05) is 43.4 Å². The number of Topliss-reactive ketones (excluding diaryl/α,β-unsaturated/α-hetero) is 1. The smallest absolute Gasteiger partial charge is 0.170 e. The van der Waals surface area contributed by atoms with Gasteiger partial charge < -0.3 is 4.90 Å². The molecule has 152 valence electrons. The number of hydrogen-bond donors (Lipinski definition) is 0. The minimum absolute atomic E-state index is 0.0347. The Morgan fingerprint density at radius 2 is 1.97 bits per heavy atom. The molecule has 4 heterocycles. The van der Waals surface area contributed by atoms with Crippen molar-refractivity contribution in [1.29, 1.82) is 0 Å². The van der Waals surface area contributed by atoms with Crippen molar-refractivity contribution < 1.29 is 9.18 Å². The van der Waals surface area contributed by atoms with Crippen LogP contribution in [0, 0.1) is 12.7 Å². The van der Waals surface area contributed by atoms with Gasteiger partial charge in [-0.05, 0) is 49.6 Å². The predicted molar refractivity (Wildman–Crippen MR) is 113 cm³/mol. The lowest BCUT2D eigenvalue weighted by atomic mass is 9.98. The monoisotopic (exact) mass is 403 g/mol. The highest BCUT2D eigenvalue weighted by molar-refractivity contribution is 5.98. The maximum Gasteiger partial charge on any atom is 0.170 e. The minimum Gasteiger partial charge on any atom is -0.349 e. The number of pyridine rings is 2. The second-order valence-electron chi connectivity index (χ2n) is 7.42. The van der Waals surface area contributed by atoms with E-state index >= 15 is 0 Å². The molecule has 6 nitrogen and oxygen atoms in total. The second-order valence-corrected chi connectivity index (χ2v) is 7.42. The molecule has 3 aromatic rings. The molecular formula is C23H22FN5O. The molecule has 1 aliphatic rings. The van der Waals surface area contributed by atoms with Crippen molar-refractivity contribution in [3.63, 3.8) is 0 Å². The molecule has 0 unspecified atom stereocenters. The summed E-state index contributed by atoms with van der Waals surface area (Å²) >= 11 is 0. The number of rotatable bonds is 5. The molecule has 0 saturated heterocycles. The Balaban J connectivity index is 1.51. The largest absolute Gasteiger partial charge is 0.349 e. The minimum atomic E-state index is -0.331. The second kappa shape index (κ2) is 8.49. The van der Waals surface area contributed by atoms with E-state index in [1.165, 1.54) is 11.6 Å². The van der Waals surface area contributed by atoms with E-state index in [1.54, 1.807) is 37.1 Å². The van der Waals surface area contributed by atoms with E-state index in [1.807, 2.05) is 17.9 Å². The van der Waals surface area contributed by atoms with Crippen LogP contribution in [0.5, 0.6) is 0 Å². The molecular weight excluding hydrogens is 381 g/mol. The zero-order valence-corrected chi connectivity index (χ0v) is 17.0. The summed E-state index contributed by atoms with van der Waals surface area (Å²) < 4.78 is 14.2. The van der Waals surface area contributed by atoms with Crippen LogP contribution in [0.15, 0.2) is 54.8 Å². The molecule has 0 atom stereocenters. The molecule has 3 aromatic heterocycles. The molecule has 0 radical (unpaired) electrons. The summed E-state index contributed by atoms with van der Waals surface area (Å²) in [6.07, 6.45) is 9.15. The molecule has 4 rings (SSSR count). The van der Waals surface area contributed by atoms with E-state index in [0.717, 1.165) is 23.3 Å². The Bertz CT molecular complexity index is 1110. The van der Waals surface area contributed by atoms with E-state index in [4.69, 9.17) is 0 Å². The van der Waals surface area contributed by atoms with Crippen molar-refractivity contribution in [2.24, 2.45) is 0 Å². The van der Waals surface area contributed by atoms with Crippen LogP contribution < -0.4 is 4.90 Å². The van der Waals surface area contributed by atoms with Crippen molar-refractivity contribution in [3.8, 4) is 0 Å². The van der Waals surface area contributed by atoms with Gasteiger partial charge in [-0.2, -0.15) is 0 Å². The van der Waals surface area contributed by atoms with Crippen LogP contribution in [-0.4, -0.2) is 38.8 Å². The molecule has 30 heavy (non-hydrogen) atoms. The summed E-state index contributed by atoms with van der Waals surface area (Å²) in [4.78, 5) is 31.7.